The number of aromatic nitrogens is 1. The van der Waals surface area contributed by atoms with Gasteiger partial charge in [0.2, 0.25) is 17.7 Å². The van der Waals surface area contributed by atoms with Crippen molar-refractivity contribution in [3.63, 3.8) is 0 Å². The standard InChI is InChI=1S/C19H22N4O3/c1-12-9-14(7-8-21-12)19(25)23-15-5-6-17(22-11-15)26-16-4-2-3-13(10-16)18(20)24/h2-6,10-12,14,21H,7-9H2,1H3,(H2,20,24)(H,23,25)/t12-,14-/m0/s1. The molecule has 7 heteroatoms. The lowest BCUT2D eigenvalue weighted by Gasteiger charge is -2.27. The summed E-state index contributed by atoms with van der Waals surface area (Å²) in [6.45, 7) is 2.94. The van der Waals surface area contributed by atoms with E-state index in [9.17, 15) is 9.59 Å². The summed E-state index contributed by atoms with van der Waals surface area (Å²) in [5, 5.41) is 6.24. The van der Waals surface area contributed by atoms with E-state index in [0.29, 0.717) is 28.9 Å². The second-order valence-corrected chi connectivity index (χ2v) is 6.44. The van der Waals surface area contributed by atoms with E-state index in [1.807, 2.05) is 0 Å². The van der Waals surface area contributed by atoms with Crippen LogP contribution in [0, 0.1) is 5.92 Å². The van der Waals surface area contributed by atoms with Crippen molar-refractivity contribution >= 4 is 17.5 Å². The number of nitrogens with one attached hydrogen (secondary N) is 2. The number of pyridine rings is 1. The van der Waals surface area contributed by atoms with Gasteiger partial charge in [0.25, 0.3) is 0 Å². The first-order chi connectivity index (χ1) is 12.5. The summed E-state index contributed by atoms with van der Waals surface area (Å²) in [6.07, 6.45) is 3.22. The molecule has 1 saturated heterocycles. The van der Waals surface area contributed by atoms with Crippen LogP contribution in [0.15, 0.2) is 42.6 Å². The third-order valence-electron chi connectivity index (χ3n) is 4.34. The number of hydrogen-bond acceptors (Lipinski definition) is 5. The van der Waals surface area contributed by atoms with Crippen molar-refractivity contribution in [2.24, 2.45) is 11.7 Å². The van der Waals surface area contributed by atoms with E-state index < -0.39 is 5.91 Å². The number of amides is 2. The van der Waals surface area contributed by atoms with Gasteiger partial charge in [-0.15, -0.1) is 0 Å². The molecule has 0 aliphatic carbocycles. The Bertz CT molecular complexity index is 792. The van der Waals surface area contributed by atoms with E-state index in [1.54, 1.807) is 42.6 Å². The first-order valence-electron chi connectivity index (χ1n) is 8.59. The van der Waals surface area contributed by atoms with Crippen LogP contribution in [0.4, 0.5) is 5.69 Å². The Morgan fingerprint density at radius 1 is 1.31 bits per heavy atom. The van der Waals surface area contributed by atoms with Gasteiger partial charge in [0, 0.05) is 23.6 Å². The van der Waals surface area contributed by atoms with Crippen LogP contribution < -0.4 is 21.1 Å². The second-order valence-electron chi connectivity index (χ2n) is 6.44. The SMILES string of the molecule is C[C@H]1C[C@@H](C(=O)Nc2ccc(Oc3cccc(C(N)=O)c3)nc2)CCN1. The minimum atomic E-state index is -0.520. The minimum absolute atomic E-state index is 0.0127. The molecule has 1 aromatic heterocycles. The molecule has 1 aromatic carbocycles. The van der Waals surface area contributed by atoms with Crippen LogP contribution >= 0.6 is 0 Å². The molecule has 2 heterocycles. The van der Waals surface area contributed by atoms with E-state index >= 15 is 0 Å². The quantitative estimate of drug-likeness (QED) is 0.764. The maximum Gasteiger partial charge on any atom is 0.248 e. The van der Waals surface area contributed by atoms with Crippen molar-refractivity contribution in [2.45, 2.75) is 25.8 Å². The van der Waals surface area contributed by atoms with Crippen LogP contribution in [0.1, 0.15) is 30.1 Å². The highest BCUT2D eigenvalue weighted by Gasteiger charge is 2.24. The summed E-state index contributed by atoms with van der Waals surface area (Å²) in [4.78, 5) is 27.8. The van der Waals surface area contributed by atoms with Crippen molar-refractivity contribution < 1.29 is 14.3 Å². The summed E-state index contributed by atoms with van der Waals surface area (Å²) in [5.41, 5.74) is 6.25. The van der Waals surface area contributed by atoms with E-state index in [4.69, 9.17) is 10.5 Å². The number of hydrogen-bond donors (Lipinski definition) is 3. The van der Waals surface area contributed by atoms with E-state index in [1.165, 1.54) is 0 Å². The molecule has 0 unspecified atom stereocenters. The van der Waals surface area contributed by atoms with Crippen LogP contribution in [-0.4, -0.2) is 29.4 Å². The molecule has 2 amide bonds. The lowest BCUT2D eigenvalue weighted by atomic mass is 9.92. The molecule has 0 saturated carbocycles. The molecular weight excluding hydrogens is 332 g/mol. The number of nitrogens with zero attached hydrogens (tertiary/aromatic N) is 1. The van der Waals surface area contributed by atoms with Crippen molar-refractivity contribution in [3.05, 3.63) is 48.2 Å². The molecule has 0 radical (unpaired) electrons. The largest absolute Gasteiger partial charge is 0.439 e. The van der Waals surface area contributed by atoms with Gasteiger partial charge in [-0.2, -0.15) is 0 Å². The Balaban J connectivity index is 1.60. The number of carbonyl (C=O) groups is 2. The topological polar surface area (TPSA) is 106 Å². The molecule has 0 bridgehead atoms. The van der Waals surface area contributed by atoms with Crippen molar-refractivity contribution in [2.75, 3.05) is 11.9 Å². The first-order valence-corrected chi connectivity index (χ1v) is 8.59. The number of piperidine rings is 1. The van der Waals surface area contributed by atoms with Gasteiger partial charge in [-0.3, -0.25) is 9.59 Å². The lowest BCUT2D eigenvalue weighted by molar-refractivity contribution is -0.120. The number of primary amides is 1. The maximum absolute atomic E-state index is 12.3. The maximum atomic E-state index is 12.3. The molecule has 1 aliphatic heterocycles. The number of nitrogens with two attached hydrogens (primary N) is 1. The zero-order valence-corrected chi connectivity index (χ0v) is 14.6. The van der Waals surface area contributed by atoms with Gasteiger partial charge in [0.05, 0.1) is 11.9 Å². The third kappa shape index (κ3) is 4.58. The van der Waals surface area contributed by atoms with Crippen LogP contribution in [0.3, 0.4) is 0 Å². The van der Waals surface area contributed by atoms with Gasteiger partial charge in [0.15, 0.2) is 0 Å². The normalized spacial score (nSPS) is 19.6. The second kappa shape index (κ2) is 7.97. The smallest absolute Gasteiger partial charge is 0.248 e. The summed E-state index contributed by atoms with van der Waals surface area (Å²) >= 11 is 0. The minimum Gasteiger partial charge on any atom is -0.439 e. The lowest BCUT2D eigenvalue weighted by Crippen LogP contribution is -2.40. The summed E-state index contributed by atoms with van der Waals surface area (Å²) in [6, 6.07) is 10.3. The van der Waals surface area contributed by atoms with Crippen molar-refractivity contribution in [3.8, 4) is 11.6 Å². The molecule has 26 heavy (non-hydrogen) atoms. The average Bonchev–Trinajstić information content (AvgIpc) is 2.63. The van der Waals surface area contributed by atoms with Gasteiger partial charge < -0.3 is 21.1 Å². The highest BCUT2D eigenvalue weighted by atomic mass is 16.5. The molecule has 136 valence electrons. The molecule has 1 fully saturated rings. The Morgan fingerprint density at radius 3 is 2.85 bits per heavy atom. The first kappa shape index (κ1) is 17.9. The molecular formula is C19H22N4O3. The van der Waals surface area contributed by atoms with Crippen LogP contribution in [0.2, 0.25) is 0 Å². The predicted octanol–water partition coefficient (Wildman–Crippen LogP) is 2.30. The monoisotopic (exact) mass is 354 g/mol. The number of anilines is 1. The van der Waals surface area contributed by atoms with Gasteiger partial charge in [-0.1, -0.05) is 6.07 Å². The van der Waals surface area contributed by atoms with Gasteiger partial charge >= 0.3 is 0 Å². The summed E-state index contributed by atoms with van der Waals surface area (Å²) in [7, 11) is 0. The molecule has 4 N–H and O–H groups in total. The summed E-state index contributed by atoms with van der Waals surface area (Å²) < 4.78 is 5.62. The highest BCUT2D eigenvalue weighted by molar-refractivity contribution is 5.93. The molecule has 1 aliphatic rings. The van der Waals surface area contributed by atoms with Crippen LogP contribution in [0.25, 0.3) is 0 Å². The van der Waals surface area contributed by atoms with Crippen molar-refractivity contribution in [1.82, 2.24) is 10.3 Å². The fraction of sp³-hybridized carbons (Fsp3) is 0.316. The number of rotatable bonds is 5. The predicted molar refractivity (Wildman–Crippen MR) is 98.1 cm³/mol. The Kier molecular flexibility index (Phi) is 5.48. The molecule has 2 atom stereocenters. The molecule has 7 nitrogen and oxygen atoms in total. The number of benzene rings is 1. The van der Waals surface area contributed by atoms with E-state index in [-0.39, 0.29) is 11.8 Å². The van der Waals surface area contributed by atoms with E-state index in [0.717, 1.165) is 19.4 Å². The average molecular weight is 354 g/mol. The molecule has 2 aromatic rings. The van der Waals surface area contributed by atoms with Crippen LogP contribution in [0.5, 0.6) is 11.6 Å². The summed E-state index contributed by atoms with van der Waals surface area (Å²) in [5.74, 6) is 0.338. The Morgan fingerprint density at radius 2 is 2.15 bits per heavy atom. The highest BCUT2D eigenvalue weighted by Crippen LogP contribution is 2.22. The zero-order chi connectivity index (χ0) is 18.5. The fourth-order valence-electron chi connectivity index (χ4n) is 2.96. The van der Waals surface area contributed by atoms with Gasteiger partial charge in [0.1, 0.15) is 5.75 Å². The van der Waals surface area contributed by atoms with E-state index in [2.05, 4.69) is 22.5 Å². The van der Waals surface area contributed by atoms with Crippen LogP contribution in [-0.2, 0) is 4.79 Å². The number of ether oxygens (including phenoxy) is 1. The molecule has 0 spiro atoms. The van der Waals surface area contributed by atoms with Gasteiger partial charge in [-0.25, -0.2) is 4.98 Å². The third-order valence-corrected chi connectivity index (χ3v) is 4.34. The fourth-order valence-corrected chi connectivity index (χ4v) is 2.96. The zero-order valence-electron chi connectivity index (χ0n) is 14.6. The number of carbonyl (C=O) groups excluding carboxylic acids is 2. The Labute approximate surface area is 151 Å². The van der Waals surface area contributed by atoms with Gasteiger partial charge in [-0.05, 0) is 50.6 Å². The molecule has 3 rings (SSSR count). The van der Waals surface area contributed by atoms with Crippen molar-refractivity contribution in [1.29, 1.82) is 0 Å². The Hall–Kier alpha value is -2.93.